The van der Waals surface area contributed by atoms with Crippen molar-refractivity contribution in [1.82, 2.24) is 4.90 Å². The van der Waals surface area contributed by atoms with Crippen molar-refractivity contribution in [2.24, 2.45) is 10.7 Å². The van der Waals surface area contributed by atoms with E-state index in [1.165, 1.54) is 18.2 Å². The summed E-state index contributed by atoms with van der Waals surface area (Å²) in [4.78, 5) is 6.09. The molecule has 8 heteroatoms. The highest BCUT2D eigenvalue weighted by molar-refractivity contribution is 5.93. The Morgan fingerprint density at radius 3 is 2.67 bits per heavy atom. The Labute approximate surface area is 121 Å². The first kappa shape index (κ1) is 17.1. The van der Waals surface area contributed by atoms with Gasteiger partial charge in [0, 0.05) is 6.54 Å². The molecule has 0 amide bonds. The quantitative estimate of drug-likeness (QED) is 0.625. The molecule has 0 aliphatic rings. The second kappa shape index (κ2) is 7.72. The lowest BCUT2D eigenvalue weighted by Crippen LogP contribution is -2.27. The molecule has 1 aromatic carbocycles. The summed E-state index contributed by atoms with van der Waals surface area (Å²) >= 11 is 0. The zero-order chi connectivity index (χ0) is 15.9. The Morgan fingerprint density at radius 2 is 2.05 bits per heavy atom. The van der Waals surface area contributed by atoms with Crippen molar-refractivity contribution in [2.75, 3.05) is 32.0 Å². The summed E-state index contributed by atoms with van der Waals surface area (Å²) in [5.74, 6) is -0.313. The largest absolute Gasteiger partial charge is 0.573 e. The van der Waals surface area contributed by atoms with Crippen molar-refractivity contribution in [1.29, 1.82) is 0 Å². The Bertz CT molecular complexity index is 477. The SMILES string of the molecule is CCN(C)CCN=C(N)Nc1ccccc1OC(F)(F)F. The van der Waals surface area contributed by atoms with Crippen LogP contribution in [0.25, 0.3) is 0 Å². The van der Waals surface area contributed by atoms with Gasteiger partial charge in [-0.1, -0.05) is 19.1 Å². The molecule has 0 spiro atoms. The summed E-state index contributed by atoms with van der Waals surface area (Å²) in [5, 5.41) is 2.61. The highest BCUT2D eigenvalue weighted by atomic mass is 19.4. The third kappa shape index (κ3) is 6.84. The van der Waals surface area contributed by atoms with Gasteiger partial charge in [-0.05, 0) is 25.7 Å². The van der Waals surface area contributed by atoms with Crippen LogP contribution in [0, 0.1) is 0 Å². The number of nitrogens with two attached hydrogens (primary N) is 1. The molecule has 1 rings (SSSR count). The van der Waals surface area contributed by atoms with Crippen LogP contribution in [0.4, 0.5) is 18.9 Å². The van der Waals surface area contributed by atoms with E-state index in [9.17, 15) is 13.2 Å². The number of aliphatic imine (C=N–C) groups is 1. The van der Waals surface area contributed by atoms with Crippen molar-refractivity contribution in [2.45, 2.75) is 13.3 Å². The summed E-state index contributed by atoms with van der Waals surface area (Å²) in [5.41, 5.74) is 5.76. The molecule has 0 radical (unpaired) electrons. The Hall–Kier alpha value is -1.96. The van der Waals surface area contributed by atoms with E-state index in [2.05, 4.69) is 15.0 Å². The Morgan fingerprint density at radius 1 is 1.38 bits per heavy atom. The molecule has 0 aliphatic carbocycles. The molecule has 5 nitrogen and oxygen atoms in total. The van der Waals surface area contributed by atoms with Crippen molar-refractivity contribution < 1.29 is 17.9 Å². The molecule has 0 bridgehead atoms. The zero-order valence-corrected chi connectivity index (χ0v) is 11.9. The standard InChI is InChI=1S/C13H19F3N4O/c1-3-20(2)9-8-18-12(17)19-10-6-4-5-7-11(10)21-13(14,15)16/h4-7H,3,8-9H2,1-2H3,(H3,17,18,19). The maximum absolute atomic E-state index is 12.3. The second-order valence-electron chi connectivity index (χ2n) is 4.33. The van der Waals surface area contributed by atoms with Gasteiger partial charge in [0.25, 0.3) is 0 Å². The lowest BCUT2D eigenvalue weighted by molar-refractivity contribution is -0.274. The van der Waals surface area contributed by atoms with E-state index in [4.69, 9.17) is 5.73 Å². The first-order valence-electron chi connectivity index (χ1n) is 6.42. The van der Waals surface area contributed by atoms with E-state index >= 15 is 0 Å². The number of halogens is 3. The molecular weight excluding hydrogens is 285 g/mol. The predicted octanol–water partition coefficient (Wildman–Crippen LogP) is 2.26. The highest BCUT2D eigenvalue weighted by Gasteiger charge is 2.32. The Balaban J connectivity index is 2.67. The molecule has 0 aliphatic heterocycles. The molecule has 0 heterocycles. The van der Waals surface area contributed by atoms with Gasteiger partial charge in [-0.25, -0.2) is 0 Å². The average molecular weight is 304 g/mol. The van der Waals surface area contributed by atoms with E-state index in [0.29, 0.717) is 13.1 Å². The second-order valence-corrected chi connectivity index (χ2v) is 4.33. The summed E-state index contributed by atoms with van der Waals surface area (Å²) in [6.45, 7) is 4.05. The van der Waals surface area contributed by atoms with Crippen molar-refractivity contribution in [3.8, 4) is 5.75 Å². The molecule has 0 saturated heterocycles. The van der Waals surface area contributed by atoms with Crippen LogP contribution < -0.4 is 15.8 Å². The summed E-state index contributed by atoms with van der Waals surface area (Å²) in [6, 6.07) is 5.65. The smallest absolute Gasteiger partial charge is 0.404 e. The molecule has 0 unspecified atom stereocenters. The third-order valence-corrected chi connectivity index (χ3v) is 2.68. The number of nitrogens with zero attached hydrogens (tertiary/aromatic N) is 2. The van der Waals surface area contributed by atoms with Gasteiger partial charge in [0.15, 0.2) is 11.7 Å². The normalized spacial score (nSPS) is 12.6. The number of hydrogen-bond acceptors (Lipinski definition) is 3. The number of benzene rings is 1. The molecule has 3 N–H and O–H groups in total. The number of nitrogens with one attached hydrogen (secondary N) is 1. The fourth-order valence-corrected chi connectivity index (χ4v) is 1.46. The van der Waals surface area contributed by atoms with E-state index in [-0.39, 0.29) is 17.4 Å². The van der Waals surface area contributed by atoms with E-state index in [1.807, 2.05) is 18.9 Å². The minimum absolute atomic E-state index is 0.0396. The van der Waals surface area contributed by atoms with Gasteiger partial charge >= 0.3 is 6.36 Å². The maximum atomic E-state index is 12.3. The van der Waals surface area contributed by atoms with Crippen molar-refractivity contribution in [3.05, 3.63) is 24.3 Å². The molecule has 21 heavy (non-hydrogen) atoms. The van der Waals surface area contributed by atoms with Crippen LogP contribution in [0.5, 0.6) is 5.75 Å². The van der Waals surface area contributed by atoms with Crippen LogP contribution in [-0.2, 0) is 0 Å². The maximum Gasteiger partial charge on any atom is 0.573 e. The van der Waals surface area contributed by atoms with Crippen LogP contribution in [0.3, 0.4) is 0 Å². The van der Waals surface area contributed by atoms with Gasteiger partial charge in [0.2, 0.25) is 0 Å². The van der Waals surface area contributed by atoms with E-state index in [0.717, 1.165) is 6.54 Å². The highest BCUT2D eigenvalue weighted by Crippen LogP contribution is 2.29. The van der Waals surface area contributed by atoms with Gasteiger partial charge in [-0.3, -0.25) is 4.99 Å². The summed E-state index contributed by atoms with van der Waals surface area (Å²) in [7, 11) is 1.94. The third-order valence-electron chi connectivity index (χ3n) is 2.68. The van der Waals surface area contributed by atoms with Crippen LogP contribution in [0.1, 0.15) is 6.92 Å². The number of hydrogen-bond donors (Lipinski definition) is 2. The number of para-hydroxylation sites is 2. The number of alkyl halides is 3. The topological polar surface area (TPSA) is 62.9 Å². The molecule has 118 valence electrons. The number of likely N-dealkylation sites (N-methyl/N-ethyl adjacent to an activating group) is 1. The lowest BCUT2D eigenvalue weighted by Gasteiger charge is -2.14. The van der Waals surface area contributed by atoms with Crippen LogP contribution in [0.15, 0.2) is 29.3 Å². The lowest BCUT2D eigenvalue weighted by atomic mass is 10.3. The van der Waals surface area contributed by atoms with Gasteiger partial charge in [-0.2, -0.15) is 0 Å². The predicted molar refractivity (Wildman–Crippen MR) is 76.4 cm³/mol. The number of anilines is 1. The first-order chi connectivity index (χ1) is 9.81. The van der Waals surface area contributed by atoms with Gasteiger partial charge in [-0.15, -0.1) is 13.2 Å². The van der Waals surface area contributed by atoms with Crippen molar-refractivity contribution >= 4 is 11.6 Å². The first-order valence-corrected chi connectivity index (χ1v) is 6.42. The van der Waals surface area contributed by atoms with Gasteiger partial charge < -0.3 is 20.7 Å². The number of ether oxygens (including phenoxy) is 1. The van der Waals surface area contributed by atoms with Crippen LogP contribution in [-0.4, -0.2) is 43.9 Å². The molecule has 0 aromatic heterocycles. The summed E-state index contributed by atoms with van der Waals surface area (Å²) < 4.78 is 40.7. The molecule has 0 saturated carbocycles. The Kier molecular flexibility index (Phi) is 6.29. The average Bonchev–Trinajstić information content (AvgIpc) is 2.39. The monoisotopic (exact) mass is 304 g/mol. The molecule has 0 atom stereocenters. The molecule has 0 fully saturated rings. The summed E-state index contributed by atoms with van der Waals surface area (Å²) in [6.07, 6.45) is -4.76. The minimum atomic E-state index is -4.76. The fraction of sp³-hybridized carbons (Fsp3) is 0.462. The fourth-order valence-electron chi connectivity index (χ4n) is 1.46. The molecular formula is C13H19F3N4O. The molecule has 1 aromatic rings. The van der Waals surface area contributed by atoms with Crippen LogP contribution in [0.2, 0.25) is 0 Å². The zero-order valence-electron chi connectivity index (χ0n) is 11.9. The van der Waals surface area contributed by atoms with Gasteiger partial charge in [0.1, 0.15) is 0 Å². The van der Waals surface area contributed by atoms with Crippen LogP contribution >= 0.6 is 0 Å². The van der Waals surface area contributed by atoms with Crippen molar-refractivity contribution in [3.63, 3.8) is 0 Å². The number of rotatable bonds is 6. The van der Waals surface area contributed by atoms with Gasteiger partial charge in [0.05, 0.1) is 12.2 Å². The van der Waals surface area contributed by atoms with E-state index in [1.54, 1.807) is 6.07 Å². The van der Waals surface area contributed by atoms with E-state index < -0.39 is 6.36 Å². The number of guanidine groups is 1. The minimum Gasteiger partial charge on any atom is -0.404 e.